The molecule has 2 rings (SSSR count). The zero-order valence-corrected chi connectivity index (χ0v) is 12.8. The molecule has 0 saturated carbocycles. The summed E-state index contributed by atoms with van der Waals surface area (Å²) in [6, 6.07) is 6.37. The molecule has 102 valence electrons. The van der Waals surface area contributed by atoms with Gasteiger partial charge < -0.3 is 5.32 Å². The highest BCUT2D eigenvalue weighted by Gasteiger charge is 2.11. The third-order valence-electron chi connectivity index (χ3n) is 2.94. The molecule has 1 atom stereocenters. The van der Waals surface area contributed by atoms with Crippen molar-refractivity contribution in [3.05, 3.63) is 56.2 Å². The van der Waals surface area contributed by atoms with E-state index in [0.717, 1.165) is 16.5 Å². The van der Waals surface area contributed by atoms with Crippen LogP contribution < -0.4 is 5.32 Å². The summed E-state index contributed by atoms with van der Waals surface area (Å²) in [5, 5.41) is 5.26. The molecule has 0 aliphatic heterocycles. The van der Waals surface area contributed by atoms with E-state index in [1.807, 2.05) is 12.4 Å². The molecule has 1 N–H and O–H groups in total. The van der Waals surface area contributed by atoms with Crippen molar-refractivity contribution in [2.24, 2.45) is 0 Å². The minimum absolute atomic E-state index is 0.204. The minimum Gasteiger partial charge on any atom is -0.316 e. The SMILES string of the molecule is CNC(Cc1ccc(F)c(F)c1)Cc1cc(Br)cs1. The molecule has 0 aliphatic rings. The summed E-state index contributed by atoms with van der Waals surface area (Å²) in [6.45, 7) is 0. The number of likely N-dealkylation sites (N-methyl/N-ethyl adjacent to an activating group) is 1. The number of hydrogen-bond acceptors (Lipinski definition) is 2. The monoisotopic (exact) mass is 345 g/mol. The van der Waals surface area contributed by atoms with Crippen LogP contribution in [0, 0.1) is 11.6 Å². The van der Waals surface area contributed by atoms with Crippen LogP contribution in [0.2, 0.25) is 0 Å². The van der Waals surface area contributed by atoms with Gasteiger partial charge in [-0.05, 0) is 59.6 Å². The molecule has 2 aromatic rings. The van der Waals surface area contributed by atoms with E-state index < -0.39 is 11.6 Å². The summed E-state index contributed by atoms with van der Waals surface area (Å²) in [7, 11) is 1.88. The zero-order valence-electron chi connectivity index (χ0n) is 10.4. The summed E-state index contributed by atoms with van der Waals surface area (Å²) >= 11 is 5.12. The fourth-order valence-corrected chi connectivity index (χ4v) is 3.46. The zero-order chi connectivity index (χ0) is 13.8. The number of benzene rings is 1. The number of nitrogens with one attached hydrogen (secondary N) is 1. The van der Waals surface area contributed by atoms with Crippen LogP contribution in [0.4, 0.5) is 8.78 Å². The lowest BCUT2D eigenvalue weighted by atomic mass is 10.0. The van der Waals surface area contributed by atoms with Crippen molar-refractivity contribution in [3.8, 4) is 0 Å². The molecule has 1 heterocycles. The normalized spacial score (nSPS) is 12.6. The van der Waals surface area contributed by atoms with Crippen molar-refractivity contribution in [1.29, 1.82) is 0 Å². The average molecular weight is 346 g/mol. The van der Waals surface area contributed by atoms with Crippen LogP contribution in [-0.2, 0) is 12.8 Å². The predicted molar refractivity (Wildman–Crippen MR) is 78.6 cm³/mol. The van der Waals surface area contributed by atoms with Gasteiger partial charge in [-0.2, -0.15) is 0 Å². The Balaban J connectivity index is 2.04. The van der Waals surface area contributed by atoms with Crippen molar-refractivity contribution in [2.75, 3.05) is 7.05 Å². The lowest BCUT2D eigenvalue weighted by molar-refractivity contribution is 0.503. The molecule has 1 aromatic heterocycles. The molecule has 1 nitrogen and oxygen atoms in total. The lowest BCUT2D eigenvalue weighted by Crippen LogP contribution is -2.29. The average Bonchev–Trinajstić information content (AvgIpc) is 2.78. The van der Waals surface area contributed by atoms with Crippen LogP contribution in [0.15, 0.2) is 34.1 Å². The molecular weight excluding hydrogens is 332 g/mol. The Morgan fingerprint density at radius 2 is 2.00 bits per heavy atom. The molecule has 0 spiro atoms. The number of thiophene rings is 1. The molecule has 1 aromatic carbocycles. The van der Waals surface area contributed by atoms with Gasteiger partial charge >= 0.3 is 0 Å². The van der Waals surface area contributed by atoms with Crippen LogP contribution in [0.25, 0.3) is 0 Å². The first kappa shape index (κ1) is 14.6. The van der Waals surface area contributed by atoms with Crippen LogP contribution in [0.1, 0.15) is 10.4 Å². The van der Waals surface area contributed by atoms with Crippen LogP contribution in [0.5, 0.6) is 0 Å². The van der Waals surface area contributed by atoms with Gasteiger partial charge in [-0.15, -0.1) is 11.3 Å². The number of hydrogen-bond donors (Lipinski definition) is 1. The molecular formula is C14H14BrF2NS. The smallest absolute Gasteiger partial charge is 0.159 e. The third-order valence-corrected chi connectivity index (χ3v) is 4.66. The van der Waals surface area contributed by atoms with E-state index in [2.05, 4.69) is 27.3 Å². The van der Waals surface area contributed by atoms with E-state index in [0.29, 0.717) is 6.42 Å². The van der Waals surface area contributed by atoms with Gasteiger partial charge in [0.05, 0.1) is 0 Å². The van der Waals surface area contributed by atoms with Gasteiger partial charge in [0, 0.05) is 20.8 Å². The maximum Gasteiger partial charge on any atom is 0.159 e. The minimum atomic E-state index is -0.799. The summed E-state index contributed by atoms with van der Waals surface area (Å²) in [6.07, 6.45) is 1.54. The van der Waals surface area contributed by atoms with Crippen molar-refractivity contribution in [1.82, 2.24) is 5.32 Å². The van der Waals surface area contributed by atoms with E-state index in [9.17, 15) is 8.78 Å². The van der Waals surface area contributed by atoms with Crippen LogP contribution in [-0.4, -0.2) is 13.1 Å². The van der Waals surface area contributed by atoms with E-state index in [4.69, 9.17) is 0 Å². The summed E-state index contributed by atoms with van der Waals surface area (Å²) in [5.74, 6) is -1.59. The molecule has 0 saturated heterocycles. The van der Waals surface area contributed by atoms with E-state index in [1.54, 1.807) is 17.4 Å². The van der Waals surface area contributed by atoms with E-state index in [1.165, 1.54) is 17.0 Å². The molecule has 19 heavy (non-hydrogen) atoms. The second kappa shape index (κ2) is 6.59. The fourth-order valence-electron chi connectivity index (χ4n) is 1.93. The second-order valence-electron chi connectivity index (χ2n) is 4.37. The van der Waals surface area contributed by atoms with Gasteiger partial charge in [-0.25, -0.2) is 8.78 Å². The first-order chi connectivity index (χ1) is 9.08. The topological polar surface area (TPSA) is 12.0 Å². The van der Waals surface area contributed by atoms with Crippen molar-refractivity contribution < 1.29 is 8.78 Å². The Bertz CT molecular complexity index is 556. The van der Waals surface area contributed by atoms with Gasteiger partial charge in [0.2, 0.25) is 0 Å². The number of rotatable bonds is 5. The van der Waals surface area contributed by atoms with Crippen molar-refractivity contribution >= 4 is 27.3 Å². The third kappa shape index (κ3) is 4.09. The maximum atomic E-state index is 13.2. The standard InChI is InChI=1S/C14H14BrF2NS/c1-18-11(7-12-6-10(15)8-19-12)4-9-2-3-13(16)14(17)5-9/h2-3,5-6,8,11,18H,4,7H2,1H3. The van der Waals surface area contributed by atoms with Gasteiger partial charge in [0.25, 0.3) is 0 Å². The molecule has 0 aliphatic carbocycles. The highest BCUT2D eigenvalue weighted by atomic mass is 79.9. The molecule has 5 heteroatoms. The molecule has 1 unspecified atom stereocenters. The van der Waals surface area contributed by atoms with Gasteiger partial charge in [0.1, 0.15) is 0 Å². The summed E-state index contributed by atoms with van der Waals surface area (Å²) < 4.78 is 27.1. The molecule has 0 radical (unpaired) electrons. The maximum absolute atomic E-state index is 13.2. The molecule has 0 amide bonds. The largest absolute Gasteiger partial charge is 0.316 e. The molecule has 0 bridgehead atoms. The predicted octanol–water partition coefficient (Wildman–Crippen LogP) is 4.16. The Morgan fingerprint density at radius 3 is 2.58 bits per heavy atom. The fraction of sp³-hybridized carbons (Fsp3) is 0.286. The first-order valence-electron chi connectivity index (χ1n) is 5.92. The van der Waals surface area contributed by atoms with Gasteiger partial charge in [-0.1, -0.05) is 6.07 Å². The Kier molecular flexibility index (Phi) is 5.07. The van der Waals surface area contributed by atoms with E-state index >= 15 is 0 Å². The second-order valence-corrected chi connectivity index (χ2v) is 6.29. The van der Waals surface area contributed by atoms with Crippen molar-refractivity contribution in [3.63, 3.8) is 0 Å². The molecule has 0 fully saturated rings. The quantitative estimate of drug-likeness (QED) is 0.857. The van der Waals surface area contributed by atoms with E-state index in [-0.39, 0.29) is 6.04 Å². The first-order valence-corrected chi connectivity index (χ1v) is 7.60. The summed E-state index contributed by atoms with van der Waals surface area (Å²) in [5.41, 5.74) is 0.800. The highest BCUT2D eigenvalue weighted by molar-refractivity contribution is 9.10. The highest BCUT2D eigenvalue weighted by Crippen LogP contribution is 2.22. The van der Waals surface area contributed by atoms with Crippen LogP contribution in [0.3, 0.4) is 0 Å². The van der Waals surface area contributed by atoms with Gasteiger partial charge in [0.15, 0.2) is 11.6 Å². The van der Waals surface area contributed by atoms with Gasteiger partial charge in [-0.3, -0.25) is 0 Å². The summed E-state index contributed by atoms with van der Waals surface area (Å²) in [4.78, 5) is 1.26. The Labute approximate surface area is 123 Å². The van der Waals surface area contributed by atoms with Crippen molar-refractivity contribution in [2.45, 2.75) is 18.9 Å². The van der Waals surface area contributed by atoms with Crippen LogP contribution >= 0.6 is 27.3 Å². The Hall–Kier alpha value is -0.780. The lowest BCUT2D eigenvalue weighted by Gasteiger charge is -2.15. The number of halogens is 3. The Morgan fingerprint density at radius 1 is 1.21 bits per heavy atom.